The summed E-state index contributed by atoms with van der Waals surface area (Å²) in [6, 6.07) is 1.05. The molecule has 3 nitrogen and oxygen atoms in total. The molecule has 15 heavy (non-hydrogen) atoms. The molecule has 0 radical (unpaired) electrons. The van der Waals surface area contributed by atoms with Crippen molar-refractivity contribution >= 4 is 0 Å². The van der Waals surface area contributed by atoms with Crippen LogP contribution in [0, 0.1) is 0 Å². The van der Waals surface area contributed by atoms with Gasteiger partial charge in [-0.05, 0) is 39.4 Å². The van der Waals surface area contributed by atoms with Crippen LogP contribution in [-0.2, 0) is 0 Å². The van der Waals surface area contributed by atoms with Gasteiger partial charge in [-0.2, -0.15) is 0 Å². The number of nitrogens with one attached hydrogen (secondary N) is 1. The van der Waals surface area contributed by atoms with Gasteiger partial charge in [-0.25, -0.2) is 0 Å². The molecule has 3 heteroatoms. The van der Waals surface area contributed by atoms with Crippen LogP contribution in [0.5, 0.6) is 0 Å². The maximum atomic E-state index is 6.03. The van der Waals surface area contributed by atoms with Gasteiger partial charge in [0.2, 0.25) is 0 Å². The van der Waals surface area contributed by atoms with Crippen LogP contribution in [0.15, 0.2) is 0 Å². The maximum absolute atomic E-state index is 6.03. The van der Waals surface area contributed by atoms with Crippen molar-refractivity contribution in [3.63, 3.8) is 0 Å². The number of hydrogen-bond donors (Lipinski definition) is 2. The predicted octanol–water partition coefficient (Wildman–Crippen LogP) is 1.19. The van der Waals surface area contributed by atoms with E-state index < -0.39 is 0 Å². The lowest BCUT2D eigenvalue weighted by Crippen LogP contribution is -2.45. The van der Waals surface area contributed by atoms with Gasteiger partial charge in [-0.1, -0.05) is 19.8 Å². The summed E-state index contributed by atoms with van der Waals surface area (Å²) >= 11 is 0. The van der Waals surface area contributed by atoms with E-state index in [9.17, 15) is 0 Å². The minimum atomic E-state index is 0.351. The van der Waals surface area contributed by atoms with Gasteiger partial charge in [0.15, 0.2) is 0 Å². The second-order valence-corrected chi connectivity index (χ2v) is 4.89. The molecular weight excluding hydrogens is 186 g/mol. The molecule has 1 aliphatic rings. The number of unbranched alkanes of at least 4 members (excludes halogenated alkanes) is 1. The van der Waals surface area contributed by atoms with Gasteiger partial charge in [0.1, 0.15) is 0 Å². The lowest BCUT2D eigenvalue weighted by atomic mass is 10.0. The highest BCUT2D eigenvalue weighted by Crippen LogP contribution is 2.08. The predicted molar refractivity (Wildman–Crippen MR) is 66.0 cm³/mol. The second kappa shape index (κ2) is 7.20. The molecule has 0 aromatic carbocycles. The highest BCUT2D eigenvalue weighted by atomic mass is 15.1. The van der Waals surface area contributed by atoms with Crippen molar-refractivity contribution in [2.45, 2.75) is 51.1 Å². The smallest absolute Gasteiger partial charge is 0.0165 e. The molecule has 0 aliphatic carbocycles. The highest BCUT2D eigenvalue weighted by Gasteiger charge is 2.16. The fourth-order valence-corrected chi connectivity index (χ4v) is 2.10. The number of hydrogen-bond acceptors (Lipinski definition) is 3. The Labute approximate surface area is 94.4 Å². The Kier molecular flexibility index (Phi) is 6.22. The zero-order valence-corrected chi connectivity index (χ0v) is 10.3. The summed E-state index contributed by atoms with van der Waals surface area (Å²) in [5, 5.41) is 3.60. The number of nitrogens with two attached hydrogens (primary N) is 1. The SMILES string of the molecule is CCCCC(N)CNC1CCN(C)CC1. The fraction of sp³-hybridized carbons (Fsp3) is 1.00. The second-order valence-electron chi connectivity index (χ2n) is 4.89. The Morgan fingerprint density at radius 1 is 1.40 bits per heavy atom. The quantitative estimate of drug-likeness (QED) is 0.696. The van der Waals surface area contributed by atoms with E-state index in [1.807, 2.05) is 0 Å². The molecule has 1 aliphatic heterocycles. The first-order valence-electron chi connectivity index (χ1n) is 6.40. The Balaban J connectivity index is 2.04. The number of likely N-dealkylation sites (tertiary alicyclic amines) is 1. The Bertz CT molecular complexity index is 153. The van der Waals surface area contributed by atoms with Crippen LogP contribution in [0.1, 0.15) is 39.0 Å². The molecule has 0 aromatic heterocycles. The number of rotatable bonds is 6. The standard InChI is InChI=1S/C12H27N3/c1-3-4-5-11(13)10-14-12-6-8-15(2)9-7-12/h11-12,14H,3-10,13H2,1-2H3. The monoisotopic (exact) mass is 213 g/mol. The Hall–Kier alpha value is -0.120. The third-order valence-corrected chi connectivity index (χ3v) is 3.32. The minimum Gasteiger partial charge on any atom is -0.327 e. The van der Waals surface area contributed by atoms with Crippen LogP contribution < -0.4 is 11.1 Å². The van der Waals surface area contributed by atoms with Crippen molar-refractivity contribution in [3.8, 4) is 0 Å². The van der Waals surface area contributed by atoms with E-state index in [0.717, 1.165) is 13.0 Å². The van der Waals surface area contributed by atoms with E-state index in [-0.39, 0.29) is 0 Å². The molecule has 1 saturated heterocycles. The molecule has 1 unspecified atom stereocenters. The van der Waals surface area contributed by atoms with Crippen molar-refractivity contribution in [3.05, 3.63) is 0 Å². The molecule has 3 N–H and O–H groups in total. The molecule has 0 amide bonds. The van der Waals surface area contributed by atoms with Crippen molar-refractivity contribution in [2.24, 2.45) is 5.73 Å². The van der Waals surface area contributed by atoms with Crippen molar-refractivity contribution in [2.75, 3.05) is 26.7 Å². The summed E-state index contributed by atoms with van der Waals surface area (Å²) in [6.45, 7) is 5.66. The maximum Gasteiger partial charge on any atom is 0.0165 e. The molecule has 0 bridgehead atoms. The zero-order chi connectivity index (χ0) is 11.1. The molecule has 1 atom stereocenters. The Morgan fingerprint density at radius 2 is 2.07 bits per heavy atom. The summed E-state index contributed by atoms with van der Waals surface area (Å²) in [6.07, 6.45) is 6.22. The van der Waals surface area contributed by atoms with Gasteiger partial charge >= 0.3 is 0 Å². The van der Waals surface area contributed by atoms with Gasteiger partial charge in [-0.15, -0.1) is 0 Å². The van der Waals surface area contributed by atoms with Gasteiger partial charge in [-0.3, -0.25) is 0 Å². The van der Waals surface area contributed by atoms with Crippen LogP contribution in [-0.4, -0.2) is 43.7 Å². The molecule has 0 aromatic rings. The summed E-state index contributed by atoms with van der Waals surface area (Å²) < 4.78 is 0. The largest absolute Gasteiger partial charge is 0.327 e. The van der Waals surface area contributed by atoms with Crippen LogP contribution in [0.4, 0.5) is 0 Å². The van der Waals surface area contributed by atoms with E-state index in [0.29, 0.717) is 12.1 Å². The van der Waals surface area contributed by atoms with Crippen molar-refractivity contribution < 1.29 is 0 Å². The zero-order valence-electron chi connectivity index (χ0n) is 10.3. The fourth-order valence-electron chi connectivity index (χ4n) is 2.10. The molecule has 1 heterocycles. The van der Waals surface area contributed by atoms with Crippen molar-refractivity contribution in [1.29, 1.82) is 0 Å². The van der Waals surface area contributed by atoms with E-state index in [1.54, 1.807) is 0 Å². The summed E-state index contributed by atoms with van der Waals surface area (Å²) in [5.41, 5.74) is 6.03. The van der Waals surface area contributed by atoms with Crippen molar-refractivity contribution in [1.82, 2.24) is 10.2 Å². The first-order chi connectivity index (χ1) is 7.22. The normalized spacial score (nSPS) is 21.8. The third-order valence-electron chi connectivity index (χ3n) is 3.32. The minimum absolute atomic E-state index is 0.351. The topological polar surface area (TPSA) is 41.3 Å². The lowest BCUT2D eigenvalue weighted by molar-refractivity contribution is 0.232. The summed E-state index contributed by atoms with van der Waals surface area (Å²) in [5.74, 6) is 0. The lowest BCUT2D eigenvalue weighted by Gasteiger charge is -2.30. The average Bonchev–Trinajstić information content (AvgIpc) is 2.25. The van der Waals surface area contributed by atoms with Gasteiger partial charge in [0.25, 0.3) is 0 Å². The molecular formula is C12H27N3. The van der Waals surface area contributed by atoms with E-state index >= 15 is 0 Å². The molecule has 0 spiro atoms. The third kappa shape index (κ3) is 5.50. The van der Waals surface area contributed by atoms with E-state index in [2.05, 4.69) is 24.2 Å². The molecule has 1 fully saturated rings. The first kappa shape index (κ1) is 12.9. The van der Waals surface area contributed by atoms with E-state index in [1.165, 1.54) is 38.8 Å². The van der Waals surface area contributed by atoms with Gasteiger partial charge < -0.3 is 16.0 Å². The highest BCUT2D eigenvalue weighted by molar-refractivity contribution is 4.77. The van der Waals surface area contributed by atoms with Gasteiger partial charge in [0.05, 0.1) is 0 Å². The van der Waals surface area contributed by atoms with Crippen LogP contribution >= 0.6 is 0 Å². The Morgan fingerprint density at radius 3 is 2.67 bits per heavy atom. The van der Waals surface area contributed by atoms with Crippen LogP contribution in [0.2, 0.25) is 0 Å². The molecule has 1 rings (SSSR count). The average molecular weight is 213 g/mol. The van der Waals surface area contributed by atoms with Crippen LogP contribution in [0.3, 0.4) is 0 Å². The summed E-state index contributed by atoms with van der Waals surface area (Å²) in [4.78, 5) is 2.40. The number of nitrogens with zero attached hydrogens (tertiary/aromatic N) is 1. The first-order valence-corrected chi connectivity index (χ1v) is 6.40. The van der Waals surface area contributed by atoms with Gasteiger partial charge in [0, 0.05) is 18.6 Å². The molecule has 0 saturated carbocycles. The van der Waals surface area contributed by atoms with Crippen LogP contribution in [0.25, 0.3) is 0 Å². The summed E-state index contributed by atoms with van der Waals surface area (Å²) in [7, 11) is 2.20. The number of piperidine rings is 1. The van der Waals surface area contributed by atoms with E-state index in [4.69, 9.17) is 5.73 Å². The molecule has 90 valence electrons.